The van der Waals surface area contributed by atoms with Gasteiger partial charge in [0.15, 0.2) is 0 Å². The molecule has 0 spiro atoms. The number of carbonyl (C=O) groups is 1. The molecule has 5 heteroatoms. The van der Waals surface area contributed by atoms with Gasteiger partial charge in [0.2, 0.25) is 5.91 Å². The molecule has 2 aromatic rings. The first-order chi connectivity index (χ1) is 9.65. The summed E-state index contributed by atoms with van der Waals surface area (Å²) >= 11 is 1.64. The molecule has 1 aliphatic rings. The van der Waals surface area contributed by atoms with E-state index in [4.69, 9.17) is 5.73 Å². The molecule has 0 aromatic carbocycles. The van der Waals surface area contributed by atoms with Gasteiger partial charge in [-0.05, 0) is 53.5 Å². The van der Waals surface area contributed by atoms with Crippen molar-refractivity contribution in [2.75, 3.05) is 0 Å². The first-order valence-corrected chi connectivity index (χ1v) is 7.49. The maximum absolute atomic E-state index is 11.5. The zero-order valence-corrected chi connectivity index (χ0v) is 11.7. The Morgan fingerprint density at radius 2 is 2.10 bits per heavy atom. The number of nitrogens with two attached hydrogens (primary N) is 1. The highest BCUT2D eigenvalue weighted by molar-refractivity contribution is 7.13. The lowest BCUT2D eigenvalue weighted by atomic mass is 9.90. The molecule has 2 aromatic heterocycles. The van der Waals surface area contributed by atoms with E-state index in [0.717, 1.165) is 16.0 Å². The van der Waals surface area contributed by atoms with Gasteiger partial charge in [-0.25, -0.2) is 0 Å². The van der Waals surface area contributed by atoms with Crippen LogP contribution in [0.2, 0.25) is 0 Å². The molecule has 3 atom stereocenters. The molecular weight excluding hydrogens is 272 g/mol. The van der Waals surface area contributed by atoms with Gasteiger partial charge in [0.05, 0.1) is 6.10 Å². The average Bonchev–Trinajstić information content (AvgIpc) is 3.06. The summed E-state index contributed by atoms with van der Waals surface area (Å²) in [4.78, 5) is 16.7. The molecule has 0 radical (unpaired) electrons. The average molecular weight is 288 g/mol. The van der Waals surface area contributed by atoms with Gasteiger partial charge in [-0.15, -0.1) is 11.3 Å². The molecule has 3 N–H and O–H groups in total. The van der Waals surface area contributed by atoms with Crippen LogP contribution in [-0.4, -0.2) is 22.1 Å². The minimum absolute atomic E-state index is 0.0364. The monoisotopic (exact) mass is 288 g/mol. The number of aliphatic hydroxyl groups excluding tert-OH is 1. The Bertz CT molecular complexity index is 611. The van der Waals surface area contributed by atoms with E-state index in [2.05, 4.69) is 16.4 Å². The van der Waals surface area contributed by atoms with Crippen LogP contribution in [0.5, 0.6) is 0 Å². The van der Waals surface area contributed by atoms with Crippen LogP contribution in [0, 0.1) is 5.92 Å². The van der Waals surface area contributed by atoms with Crippen LogP contribution in [0.4, 0.5) is 0 Å². The van der Waals surface area contributed by atoms with E-state index in [1.165, 1.54) is 0 Å². The quantitative estimate of drug-likeness (QED) is 0.908. The first-order valence-electron chi connectivity index (χ1n) is 6.61. The topological polar surface area (TPSA) is 76.2 Å². The summed E-state index contributed by atoms with van der Waals surface area (Å²) in [5, 5.41) is 11.9. The third kappa shape index (κ3) is 2.46. The Hall–Kier alpha value is -1.72. The fourth-order valence-corrected chi connectivity index (χ4v) is 3.89. The van der Waals surface area contributed by atoms with E-state index in [-0.39, 0.29) is 17.7 Å². The van der Waals surface area contributed by atoms with Gasteiger partial charge in [-0.2, -0.15) is 0 Å². The number of primary amides is 1. The summed E-state index contributed by atoms with van der Waals surface area (Å²) in [5.41, 5.74) is 7.67. The van der Waals surface area contributed by atoms with Gasteiger partial charge >= 0.3 is 0 Å². The molecule has 3 rings (SSSR count). The molecule has 1 saturated carbocycles. The van der Waals surface area contributed by atoms with Crippen molar-refractivity contribution in [1.82, 2.24) is 4.98 Å². The third-order valence-corrected chi connectivity index (χ3v) is 4.91. The normalized spacial score (nSPS) is 25.8. The maximum atomic E-state index is 11.5. The van der Waals surface area contributed by atoms with E-state index < -0.39 is 6.10 Å². The number of aromatic nitrogens is 1. The summed E-state index contributed by atoms with van der Waals surface area (Å²) in [6.07, 6.45) is 4.18. The second-order valence-corrected chi connectivity index (χ2v) is 6.13. The van der Waals surface area contributed by atoms with Crippen molar-refractivity contribution in [2.24, 2.45) is 11.7 Å². The zero-order valence-electron chi connectivity index (χ0n) is 10.9. The SMILES string of the molecule is NC(=O)[C@H]1C[C@H](O)C[C@H]1c1csc(-c2ccncc2)c1. The summed E-state index contributed by atoms with van der Waals surface area (Å²) in [6, 6.07) is 6.02. The molecule has 104 valence electrons. The number of nitrogens with zero attached hydrogens (tertiary/aromatic N) is 1. The Morgan fingerprint density at radius 3 is 2.80 bits per heavy atom. The Labute approximate surface area is 121 Å². The van der Waals surface area contributed by atoms with Crippen molar-refractivity contribution in [2.45, 2.75) is 24.9 Å². The molecule has 2 heterocycles. The van der Waals surface area contributed by atoms with Crippen molar-refractivity contribution < 1.29 is 9.90 Å². The summed E-state index contributed by atoms with van der Waals surface area (Å²) in [6.45, 7) is 0. The summed E-state index contributed by atoms with van der Waals surface area (Å²) in [5.74, 6) is -0.539. The van der Waals surface area contributed by atoms with Crippen LogP contribution >= 0.6 is 11.3 Å². The zero-order chi connectivity index (χ0) is 14.1. The number of rotatable bonds is 3. The van der Waals surface area contributed by atoms with Crippen molar-refractivity contribution in [1.29, 1.82) is 0 Å². The predicted octanol–water partition coefficient (Wildman–Crippen LogP) is 2.15. The van der Waals surface area contributed by atoms with Gasteiger partial charge in [-0.3, -0.25) is 9.78 Å². The molecule has 0 saturated heterocycles. The molecule has 1 amide bonds. The number of carbonyl (C=O) groups excluding carboxylic acids is 1. The van der Waals surface area contributed by atoms with Crippen LogP contribution in [-0.2, 0) is 4.79 Å². The summed E-state index contributed by atoms with van der Waals surface area (Å²) < 4.78 is 0. The number of hydrogen-bond acceptors (Lipinski definition) is 4. The van der Waals surface area contributed by atoms with E-state index in [1.807, 2.05) is 12.1 Å². The Balaban J connectivity index is 1.88. The second kappa shape index (κ2) is 5.34. The molecule has 1 fully saturated rings. The maximum Gasteiger partial charge on any atom is 0.221 e. The largest absolute Gasteiger partial charge is 0.393 e. The van der Waals surface area contributed by atoms with Crippen LogP contribution in [0.15, 0.2) is 36.0 Å². The first kappa shape index (κ1) is 13.3. The molecule has 20 heavy (non-hydrogen) atoms. The molecule has 0 unspecified atom stereocenters. The Morgan fingerprint density at radius 1 is 1.35 bits per heavy atom. The second-order valence-electron chi connectivity index (χ2n) is 5.22. The minimum Gasteiger partial charge on any atom is -0.393 e. The molecule has 0 bridgehead atoms. The minimum atomic E-state index is -0.429. The van der Waals surface area contributed by atoms with Crippen LogP contribution < -0.4 is 5.73 Å². The third-order valence-electron chi connectivity index (χ3n) is 3.92. The van der Waals surface area contributed by atoms with Crippen molar-refractivity contribution in [3.8, 4) is 10.4 Å². The van der Waals surface area contributed by atoms with Gasteiger partial charge in [0, 0.05) is 23.2 Å². The van der Waals surface area contributed by atoms with Crippen LogP contribution in [0.1, 0.15) is 24.3 Å². The molecule has 1 aliphatic carbocycles. The number of amides is 1. The van der Waals surface area contributed by atoms with E-state index in [0.29, 0.717) is 12.8 Å². The molecule has 4 nitrogen and oxygen atoms in total. The van der Waals surface area contributed by atoms with Gasteiger partial charge in [0.1, 0.15) is 0 Å². The lowest BCUT2D eigenvalue weighted by molar-refractivity contribution is -0.122. The number of hydrogen-bond donors (Lipinski definition) is 2. The van der Waals surface area contributed by atoms with E-state index >= 15 is 0 Å². The van der Waals surface area contributed by atoms with Crippen LogP contribution in [0.3, 0.4) is 0 Å². The van der Waals surface area contributed by atoms with Gasteiger partial charge < -0.3 is 10.8 Å². The fraction of sp³-hybridized carbons (Fsp3) is 0.333. The van der Waals surface area contributed by atoms with Crippen molar-refractivity contribution in [3.63, 3.8) is 0 Å². The smallest absolute Gasteiger partial charge is 0.221 e. The van der Waals surface area contributed by atoms with Crippen molar-refractivity contribution in [3.05, 3.63) is 41.5 Å². The van der Waals surface area contributed by atoms with E-state index in [9.17, 15) is 9.90 Å². The van der Waals surface area contributed by atoms with Crippen LogP contribution in [0.25, 0.3) is 10.4 Å². The predicted molar refractivity (Wildman–Crippen MR) is 78.2 cm³/mol. The number of pyridine rings is 1. The fourth-order valence-electron chi connectivity index (χ4n) is 2.91. The van der Waals surface area contributed by atoms with Gasteiger partial charge in [-0.1, -0.05) is 0 Å². The highest BCUT2D eigenvalue weighted by atomic mass is 32.1. The lowest BCUT2D eigenvalue weighted by Crippen LogP contribution is -2.25. The van der Waals surface area contributed by atoms with Crippen molar-refractivity contribution >= 4 is 17.2 Å². The summed E-state index contributed by atoms with van der Waals surface area (Å²) in [7, 11) is 0. The number of aliphatic hydroxyl groups is 1. The molecule has 0 aliphatic heterocycles. The Kier molecular flexibility index (Phi) is 3.54. The number of thiophene rings is 1. The standard InChI is InChI=1S/C15H16N2O2S/c16-15(19)13-7-11(18)6-12(13)10-5-14(20-8-10)9-1-3-17-4-2-9/h1-5,8,11-13,18H,6-7H2,(H2,16,19)/t11-,12+,13+/m1/s1. The lowest BCUT2D eigenvalue weighted by Gasteiger charge is -2.14. The highest BCUT2D eigenvalue weighted by Gasteiger charge is 2.38. The highest BCUT2D eigenvalue weighted by Crippen LogP contribution is 2.42. The van der Waals surface area contributed by atoms with Gasteiger partial charge in [0.25, 0.3) is 0 Å². The van der Waals surface area contributed by atoms with E-state index in [1.54, 1.807) is 23.7 Å². The molecular formula is C15H16N2O2S.